The Morgan fingerprint density at radius 3 is 2.46 bits per heavy atom. The lowest BCUT2D eigenvalue weighted by Gasteiger charge is -2.08. The molecule has 2 aromatic rings. The zero-order valence-corrected chi connectivity index (χ0v) is 14.8. The zero-order chi connectivity index (χ0) is 17.4. The summed E-state index contributed by atoms with van der Waals surface area (Å²) in [7, 11) is 0. The van der Waals surface area contributed by atoms with Crippen LogP contribution in [0.2, 0.25) is 0 Å². The van der Waals surface area contributed by atoms with Crippen molar-refractivity contribution < 1.29 is 13.9 Å². The first kappa shape index (κ1) is 18.3. The third-order valence-electron chi connectivity index (χ3n) is 3.33. The molecule has 128 valence electrons. The molecule has 0 aliphatic rings. The van der Waals surface area contributed by atoms with Gasteiger partial charge in [-0.25, -0.2) is 4.39 Å². The van der Waals surface area contributed by atoms with Crippen LogP contribution in [-0.4, -0.2) is 24.0 Å². The number of benzene rings is 2. The maximum Gasteiger partial charge on any atom is 0.230 e. The van der Waals surface area contributed by atoms with Gasteiger partial charge >= 0.3 is 0 Å². The number of halogens is 1. The summed E-state index contributed by atoms with van der Waals surface area (Å²) in [5.74, 6) is 1.70. The predicted octanol–water partition coefficient (Wildman–Crippen LogP) is 3.87. The predicted molar refractivity (Wildman–Crippen MR) is 97.0 cm³/mol. The normalized spacial score (nSPS) is 10.5. The average molecular weight is 347 g/mol. The van der Waals surface area contributed by atoms with Crippen LogP contribution in [0.4, 0.5) is 4.39 Å². The Labute approximate surface area is 146 Å². The lowest BCUT2D eigenvalue weighted by atomic mass is 10.1. The van der Waals surface area contributed by atoms with Crippen molar-refractivity contribution in [3.8, 4) is 5.75 Å². The molecule has 0 atom stereocenters. The van der Waals surface area contributed by atoms with Gasteiger partial charge in [-0.2, -0.15) is 0 Å². The van der Waals surface area contributed by atoms with Crippen molar-refractivity contribution in [2.45, 2.75) is 20.4 Å². The molecule has 3 nitrogen and oxygen atoms in total. The standard InChI is InChI=1S/C19H22FNO2S/c1-14-9-15(2)11-18(10-14)23-7-8-24-13-19(22)21-12-16-3-5-17(20)6-4-16/h3-6,9-11H,7-8,12-13H2,1-2H3,(H,21,22). The Kier molecular flexibility index (Phi) is 7.12. The largest absolute Gasteiger partial charge is 0.493 e. The monoisotopic (exact) mass is 347 g/mol. The number of carbonyl (C=O) groups is 1. The van der Waals surface area contributed by atoms with Crippen molar-refractivity contribution in [2.75, 3.05) is 18.1 Å². The van der Waals surface area contributed by atoms with Crippen LogP contribution in [0, 0.1) is 19.7 Å². The number of ether oxygens (including phenoxy) is 1. The molecule has 0 heterocycles. The number of hydrogen-bond donors (Lipinski definition) is 1. The second-order valence-electron chi connectivity index (χ2n) is 5.63. The van der Waals surface area contributed by atoms with Gasteiger partial charge in [0.05, 0.1) is 12.4 Å². The minimum absolute atomic E-state index is 0.0317. The van der Waals surface area contributed by atoms with Crippen LogP contribution in [0.5, 0.6) is 5.75 Å². The summed E-state index contributed by atoms with van der Waals surface area (Å²) in [6, 6.07) is 12.2. The van der Waals surface area contributed by atoms with Gasteiger partial charge < -0.3 is 10.1 Å². The van der Waals surface area contributed by atoms with E-state index in [9.17, 15) is 9.18 Å². The maximum atomic E-state index is 12.8. The van der Waals surface area contributed by atoms with Crippen molar-refractivity contribution in [3.63, 3.8) is 0 Å². The quantitative estimate of drug-likeness (QED) is 0.737. The van der Waals surface area contributed by atoms with Gasteiger partial charge in [0, 0.05) is 12.3 Å². The van der Waals surface area contributed by atoms with Gasteiger partial charge in [-0.05, 0) is 54.8 Å². The van der Waals surface area contributed by atoms with E-state index in [1.54, 1.807) is 12.1 Å². The van der Waals surface area contributed by atoms with Crippen molar-refractivity contribution in [1.29, 1.82) is 0 Å². The summed E-state index contributed by atoms with van der Waals surface area (Å²) >= 11 is 1.53. The number of carbonyl (C=O) groups excluding carboxylic acids is 1. The molecule has 0 bridgehead atoms. The van der Waals surface area contributed by atoms with Gasteiger partial charge in [-0.15, -0.1) is 11.8 Å². The second kappa shape index (κ2) is 9.33. The fourth-order valence-electron chi connectivity index (χ4n) is 2.25. The van der Waals surface area contributed by atoms with Gasteiger partial charge in [-0.3, -0.25) is 4.79 Å². The Bertz CT molecular complexity index is 653. The van der Waals surface area contributed by atoms with E-state index in [4.69, 9.17) is 4.74 Å². The minimum Gasteiger partial charge on any atom is -0.493 e. The summed E-state index contributed by atoms with van der Waals surface area (Å²) < 4.78 is 18.5. The first-order valence-corrected chi connectivity index (χ1v) is 8.98. The molecule has 0 aliphatic heterocycles. The number of nitrogens with one attached hydrogen (secondary N) is 1. The number of amides is 1. The molecule has 0 spiro atoms. The van der Waals surface area contributed by atoms with Crippen molar-refractivity contribution in [1.82, 2.24) is 5.32 Å². The van der Waals surface area contributed by atoms with Crippen molar-refractivity contribution in [2.24, 2.45) is 0 Å². The fraction of sp³-hybridized carbons (Fsp3) is 0.316. The molecule has 0 saturated carbocycles. The summed E-state index contributed by atoms with van der Waals surface area (Å²) in [6.45, 7) is 5.07. The highest BCUT2D eigenvalue weighted by Gasteiger charge is 2.03. The van der Waals surface area contributed by atoms with E-state index in [1.807, 2.05) is 26.0 Å². The first-order valence-electron chi connectivity index (χ1n) is 7.83. The van der Waals surface area contributed by atoms with Crippen LogP contribution >= 0.6 is 11.8 Å². The molecule has 24 heavy (non-hydrogen) atoms. The van der Waals surface area contributed by atoms with Gasteiger partial charge in [0.2, 0.25) is 5.91 Å². The molecule has 5 heteroatoms. The average Bonchev–Trinajstić information content (AvgIpc) is 2.53. The molecule has 0 aromatic heterocycles. The smallest absolute Gasteiger partial charge is 0.230 e. The molecule has 2 rings (SSSR count). The lowest BCUT2D eigenvalue weighted by molar-refractivity contribution is -0.118. The van der Waals surface area contributed by atoms with Crippen molar-refractivity contribution in [3.05, 3.63) is 65.0 Å². The van der Waals surface area contributed by atoms with Crippen LogP contribution in [-0.2, 0) is 11.3 Å². The van der Waals surface area contributed by atoms with Crippen LogP contribution in [0.15, 0.2) is 42.5 Å². The molecule has 1 N–H and O–H groups in total. The zero-order valence-electron chi connectivity index (χ0n) is 14.0. The molecule has 0 fully saturated rings. The lowest BCUT2D eigenvalue weighted by Crippen LogP contribution is -2.24. The molecular formula is C19H22FNO2S. The van der Waals surface area contributed by atoms with E-state index in [1.165, 1.54) is 35.0 Å². The highest BCUT2D eigenvalue weighted by atomic mass is 32.2. The van der Waals surface area contributed by atoms with Gasteiger partial charge in [0.15, 0.2) is 0 Å². The van der Waals surface area contributed by atoms with E-state index >= 15 is 0 Å². The summed E-state index contributed by atoms with van der Waals surface area (Å²) in [5, 5.41) is 2.82. The fourth-order valence-corrected chi connectivity index (χ4v) is 2.89. The van der Waals surface area contributed by atoms with Crippen molar-refractivity contribution >= 4 is 17.7 Å². The number of aryl methyl sites for hydroxylation is 2. The number of hydrogen-bond acceptors (Lipinski definition) is 3. The topological polar surface area (TPSA) is 38.3 Å². The highest BCUT2D eigenvalue weighted by molar-refractivity contribution is 7.99. The maximum absolute atomic E-state index is 12.8. The van der Waals surface area contributed by atoms with Gasteiger partial charge in [0.1, 0.15) is 11.6 Å². The van der Waals surface area contributed by atoms with Crippen LogP contribution in [0.3, 0.4) is 0 Å². The molecule has 0 aliphatic carbocycles. The Morgan fingerprint density at radius 1 is 1.12 bits per heavy atom. The van der Waals surface area contributed by atoms with E-state index in [2.05, 4.69) is 11.4 Å². The summed E-state index contributed by atoms with van der Waals surface area (Å²) in [5.41, 5.74) is 3.24. The van der Waals surface area contributed by atoms with E-state index in [-0.39, 0.29) is 11.7 Å². The highest BCUT2D eigenvalue weighted by Crippen LogP contribution is 2.16. The third-order valence-corrected chi connectivity index (χ3v) is 4.25. The first-order chi connectivity index (χ1) is 11.5. The van der Waals surface area contributed by atoms with E-state index in [0.717, 1.165) is 17.1 Å². The molecule has 0 saturated heterocycles. The van der Waals surface area contributed by atoms with Crippen LogP contribution in [0.25, 0.3) is 0 Å². The molecule has 1 amide bonds. The number of thioether (sulfide) groups is 1. The molecular weight excluding hydrogens is 325 g/mol. The molecule has 0 unspecified atom stereocenters. The number of rotatable bonds is 8. The van der Waals surface area contributed by atoms with E-state index < -0.39 is 0 Å². The Morgan fingerprint density at radius 2 is 1.79 bits per heavy atom. The van der Waals surface area contributed by atoms with Gasteiger partial charge in [-0.1, -0.05) is 18.2 Å². The minimum atomic E-state index is -0.274. The Hall–Kier alpha value is -2.01. The molecule has 2 aromatic carbocycles. The second-order valence-corrected chi connectivity index (χ2v) is 6.73. The molecule has 0 radical (unpaired) electrons. The van der Waals surface area contributed by atoms with Gasteiger partial charge in [0.25, 0.3) is 0 Å². The Balaban J connectivity index is 1.59. The summed E-state index contributed by atoms with van der Waals surface area (Å²) in [4.78, 5) is 11.8. The van der Waals surface area contributed by atoms with Crippen LogP contribution in [0.1, 0.15) is 16.7 Å². The summed E-state index contributed by atoms with van der Waals surface area (Å²) in [6.07, 6.45) is 0. The third kappa shape index (κ3) is 6.62. The van der Waals surface area contributed by atoms with Crippen LogP contribution < -0.4 is 10.1 Å². The van der Waals surface area contributed by atoms with E-state index in [0.29, 0.717) is 18.9 Å². The SMILES string of the molecule is Cc1cc(C)cc(OCCSCC(=O)NCc2ccc(F)cc2)c1.